The van der Waals surface area contributed by atoms with Gasteiger partial charge in [0.2, 0.25) is 17.0 Å². The summed E-state index contributed by atoms with van der Waals surface area (Å²) in [6.07, 6.45) is 0.0353. The van der Waals surface area contributed by atoms with Crippen LogP contribution in [0.15, 0.2) is 40.7 Å². The van der Waals surface area contributed by atoms with Crippen LogP contribution in [0.4, 0.5) is 5.69 Å². The third-order valence-corrected chi connectivity index (χ3v) is 8.37. The number of aryl methyl sites for hydroxylation is 1. The summed E-state index contributed by atoms with van der Waals surface area (Å²) >= 11 is 2.47. The van der Waals surface area contributed by atoms with Crippen LogP contribution in [0.25, 0.3) is 0 Å². The van der Waals surface area contributed by atoms with E-state index in [1.165, 1.54) is 16.4 Å². The molecule has 0 bridgehead atoms. The number of fused-ring (bicyclic) bond motifs is 1. The van der Waals surface area contributed by atoms with Gasteiger partial charge >= 0.3 is 11.9 Å². The number of benzene rings is 1. The van der Waals surface area contributed by atoms with Crippen molar-refractivity contribution in [2.45, 2.75) is 35.6 Å². The highest BCUT2D eigenvalue weighted by Crippen LogP contribution is 2.41. The summed E-state index contributed by atoms with van der Waals surface area (Å²) < 4.78 is 1.39. The Hall–Kier alpha value is -4.16. The van der Waals surface area contributed by atoms with E-state index in [2.05, 4.69) is 26.2 Å². The van der Waals surface area contributed by atoms with Gasteiger partial charge in [-0.25, -0.2) is 9.48 Å². The highest BCUT2D eigenvalue weighted by molar-refractivity contribution is 8.01. The Morgan fingerprint density at radius 1 is 1.20 bits per heavy atom. The van der Waals surface area contributed by atoms with Crippen molar-refractivity contribution in [3.63, 3.8) is 0 Å². The molecule has 8 N–H and O–H groups in total. The Morgan fingerprint density at radius 3 is 2.58 bits per heavy atom. The van der Waals surface area contributed by atoms with Gasteiger partial charge in [-0.3, -0.25) is 24.1 Å². The zero-order valence-corrected chi connectivity index (χ0v) is 22.4. The summed E-state index contributed by atoms with van der Waals surface area (Å²) in [6.45, 7) is -0.0968. The Kier molecular flexibility index (Phi) is 8.90. The number of tetrazole rings is 1. The Balaban J connectivity index is 1.38. The monoisotopic (exact) mass is 591 g/mol. The number of carboxylic acid groups (broad SMARTS) is 2. The van der Waals surface area contributed by atoms with Crippen LogP contribution in [0.3, 0.4) is 0 Å². The summed E-state index contributed by atoms with van der Waals surface area (Å²) in [7, 11) is 0. The molecule has 1 fully saturated rings. The van der Waals surface area contributed by atoms with E-state index < -0.39 is 47.1 Å². The van der Waals surface area contributed by atoms with E-state index in [-0.39, 0.29) is 36.7 Å². The maximum Gasteiger partial charge on any atom is 0.352 e. The topological polar surface area (TPSA) is 249 Å². The van der Waals surface area contributed by atoms with E-state index in [0.717, 1.165) is 16.7 Å². The molecule has 212 valence electrons. The first-order valence-corrected chi connectivity index (χ1v) is 13.8. The van der Waals surface area contributed by atoms with E-state index in [1.807, 2.05) is 0 Å². The van der Waals surface area contributed by atoms with Gasteiger partial charge in [0.1, 0.15) is 29.7 Å². The van der Waals surface area contributed by atoms with Crippen molar-refractivity contribution >= 4 is 58.9 Å². The number of primary amides is 1. The number of β-lactam (4-membered cyclic amide) rings is 1. The quantitative estimate of drug-likeness (QED) is 0.116. The minimum Gasteiger partial charge on any atom is -0.480 e. The van der Waals surface area contributed by atoms with E-state index in [1.54, 1.807) is 24.3 Å². The lowest BCUT2D eigenvalue weighted by Crippen LogP contribution is -2.71. The normalized spacial score (nSPS) is 18.9. The number of carboxylic acids is 2. The van der Waals surface area contributed by atoms with Crippen LogP contribution in [-0.2, 0) is 30.5 Å². The number of carbonyl (C=O) groups excluding carboxylic acids is 3. The number of rotatable bonds is 13. The van der Waals surface area contributed by atoms with Crippen LogP contribution >= 0.6 is 23.5 Å². The fourth-order valence-electron chi connectivity index (χ4n) is 3.98. The number of aromatic nitrogens is 4. The van der Waals surface area contributed by atoms with E-state index in [9.17, 15) is 29.1 Å². The van der Waals surface area contributed by atoms with Crippen molar-refractivity contribution < 1.29 is 34.2 Å². The molecule has 0 radical (unpaired) electrons. The molecule has 40 heavy (non-hydrogen) atoms. The predicted octanol–water partition coefficient (Wildman–Crippen LogP) is -1.42. The number of nitrogens with zero attached hydrogens (tertiary/aromatic N) is 5. The summed E-state index contributed by atoms with van der Waals surface area (Å²) in [5.41, 5.74) is 12.5. The smallest absolute Gasteiger partial charge is 0.352 e. The summed E-state index contributed by atoms with van der Waals surface area (Å²) in [5.74, 6) is -3.53. The second-order valence-electron chi connectivity index (χ2n) is 8.69. The van der Waals surface area contributed by atoms with Crippen LogP contribution < -0.4 is 22.1 Å². The zero-order chi connectivity index (χ0) is 29.0. The molecule has 1 aromatic carbocycles. The molecular formula is C22H25N9O7S2. The molecule has 18 heteroatoms. The second-order valence-corrected chi connectivity index (χ2v) is 10.7. The Bertz CT molecular complexity index is 1360. The van der Waals surface area contributed by atoms with E-state index in [0.29, 0.717) is 22.0 Å². The number of nitrogens with one attached hydrogen (secondary N) is 2. The van der Waals surface area contributed by atoms with Crippen molar-refractivity contribution in [3.05, 3.63) is 41.1 Å². The molecule has 0 spiro atoms. The number of amides is 3. The molecule has 0 saturated carbocycles. The van der Waals surface area contributed by atoms with Gasteiger partial charge in [0.15, 0.2) is 0 Å². The average Bonchev–Trinajstić information content (AvgIpc) is 3.38. The first-order valence-electron chi connectivity index (χ1n) is 11.8. The van der Waals surface area contributed by atoms with Gasteiger partial charge in [-0.05, 0) is 33.7 Å². The van der Waals surface area contributed by atoms with Gasteiger partial charge in [-0.2, -0.15) is 0 Å². The molecule has 3 atom stereocenters. The zero-order valence-electron chi connectivity index (χ0n) is 20.7. The van der Waals surface area contributed by atoms with Gasteiger partial charge in [-0.1, -0.05) is 23.9 Å². The average molecular weight is 592 g/mol. The minimum atomic E-state index is -1.28. The lowest BCUT2D eigenvalue weighted by atomic mass is 10.0. The first-order chi connectivity index (χ1) is 19.1. The molecule has 0 aliphatic carbocycles. The number of thioether (sulfide) groups is 2. The van der Waals surface area contributed by atoms with Crippen molar-refractivity contribution in [2.75, 3.05) is 23.4 Å². The summed E-state index contributed by atoms with van der Waals surface area (Å²) in [6, 6.07) is 4.24. The SMILES string of the molecule is NC(=O)CCn1nnnc1SCC1=C(C(=O)O)N2C(=O)C(NC(=O)[C@H](N)c3ccc(NCC(=O)O)cc3)[C@H]2SC1. The third-order valence-electron chi connectivity index (χ3n) is 5.99. The van der Waals surface area contributed by atoms with E-state index in [4.69, 9.17) is 16.6 Å². The lowest BCUT2D eigenvalue weighted by Gasteiger charge is -2.49. The molecule has 1 saturated heterocycles. The maximum absolute atomic E-state index is 13.0. The highest BCUT2D eigenvalue weighted by Gasteiger charge is 2.54. The number of anilines is 1. The molecule has 4 rings (SSSR count). The Labute approximate surface area is 234 Å². The molecule has 1 aromatic heterocycles. The van der Waals surface area contributed by atoms with Gasteiger partial charge < -0.3 is 32.3 Å². The minimum absolute atomic E-state index is 0.0353. The largest absolute Gasteiger partial charge is 0.480 e. The van der Waals surface area contributed by atoms with Gasteiger partial charge in [0.05, 0.1) is 6.54 Å². The Morgan fingerprint density at radius 2 is 1.93 bits per heavy atom. The van der Waals surface area contributed by atoms with Crippen LogP contribution in [0, 0.1) is 0 Å². The third kappa shape index (κ3) is 6.35. The number of hydrogen-bond donors (Lipinski definition) is 6. The maximum atomic E-state index is 13.0. The van der Waals surface area contributed by atoms with Crippen LogP contribution in [0.1, 0.15) is 18.0 Å². The lowest BCUT2D eigenvalue weighted by molar-refractivity contribution is -0.150. The predicted molar refractivity (Wildman–Crippen MR) is 142 cm³/mol. The van der Waals surface area contributed by atoms with Crippen molar-refractivity contribution in [1.82, 2.24) is 30.4 Å². The van der Waals surface area contributed by atoms with Gasteiger partial charge in [-0.15, -0.1) is 16.9 Å². The van der Waals surface area contributed by atoms with Crippen molar-refractivity contribution in [1.29, 1.82) is 0 Å². The molecule has 2 aromatic rings. The molecule has 3 heterocycles. The van der Waals surface area contributed by atoms with E-state index >= 15 is 0 Å². The fourth-order valence-corrected chi connectivity index (χ4v) is 6.37. The number of hydrogen-bond acceptors (Lipinski definition) is 12. The van der Waals surface area contributed by atoms with Crippen LogP contribution in [0.2, 0.25) is 0 Å². The fraction of sp³-hybridized carbons (Fsp3) is 0.364. The van der Waals surface area contributed by atoms with Gasteiger partial charge in [0.25, 0.3) is 5.91 Å². The molecule has 3 amide bonds. The molecule has 2 aliphatic heterocycles. The van der Waals surface area contributed by atoms with Crippen molar-refractivity contribution in [2.24, 2.45) is 11.5 Å². The summed E-state index contributed by atoms with van der Waals surface area (Å²) in [5, 5.41) is 35.0. The summed E-state index contributed by atoms with van der Waals surface area (Å²) in [4.78, 5) is 60.8. The van der Waals surface area contributed by atoms with Crippen LogP contribution in [0.5, 0.6) is 0 Å². The first kappa shape index (κ1) is 28.8. The second kappa shape index (κ2) is 12.3. The van der Waals surface area contributed by atoms with Gasteiger partial charge in [0, 0.05) is 23.6 Å². The molecule has 2 aliphatic rings. The number of nitrogens with two attached hydrogens (primary N) is 2. The molecule has 16 nitrogen and oxygen atoms in total. The van der Waals surface area contributed by atoms with Crippen LogP contribution in [-0.4, -0.2) is 94.4 Å². The highest BCUT2D eigenvalue weighted by atomic mass is 32.2. The molecular weight excluding hydrogens is 566 g/mol. The number of carbonyl (C=O) groups is 5. The molecule has 1 unspecified atom stereocenters. The number of aliphatic carboxylic acids is 2. The van der Waals surface area contributed by atoms with Crippen molar-refractivity contribution in [3.8, 4) is 0 Å². The standard InChI is InChI=1S/C22H25N9O7S2/c23-13(32)5-6-30-22(27-28-29-30)40-9-11-8-39-20-16(19(36)31(20)17(11)21(37)38)26-18(35)15(24)10-1-3-12(4-2-10)25-7-14(33)34/h1-4,15-16,20,25H,5-9,24H2,(H2,23,32)(H,26,35)(H,33,34)(H,37,38)/t15-,16?,20-/m1/s1.